The van der Waals surface area contributed by atoms with E-state index in [1.165, 1.54) is 4.90 Å². The van der Waals surface area contributed by atoms with Crippen molar-refractivity contribution in [2.75, 3.05) is 6.54 Å². The highest BCUT2D eigenvalue weighted by atomic mass is 35.5. The molecule has 1 N–H and O–H groups in total. The maximum absolute atomic E-state index is 11.3. The third-order valence-corrected chi connectivity index (χ3v) is 2.64. The molecule has 0 saturated carbocycles. The number of amides is 3. The van der Waals surface area contributed by atoms with Crippen molar-refractivity contribution < 1.29 is 9.59 Å². The van der Waals surface area contributed by atoms with Gasteiger partial charge in [0.1, 0.15) is 11.4 Å². The fraction of sp³-hybridized carbons (Fsp3) is 0.750. The molecule has 14 heavy (non-hydrogen) atoms. The van der Waals surface area contributed by atoms with Crippen LogP contribution in [0.25, 0.3) is 0 Å². The van der Waals surface area contributed by atoms with Gasteiger partial charge < -0.3 is 4.90 Å². The molecule has 0 aromatic heterocycles. The summed E-state index contributed by atoms with van der Waals surface area (Å²) in [5, 5.41) is 2.19. The minimum absolute atomic E-state index is 0.0393. The standard InChI is InChI=1S/C8H12Cl2N2O2/c1-4(2)6(7(9)10)12-3-5(13)11-8(12)14/h4,6-7H,3H2,1-2H3,(H,11,13,14). The number of nitrogens with one attached hydrogen (secondary N) is 1. The van der Waals surface area contributed by atoms with E-state index >= 15 is 0 Å². The van der Waals surface area contributed by atoms with Gasteiger partial charge in [0.05, 0.1) is 6.04 Å². The summed E-state index contributed by atoms with van der Waals surface area (Å²) in [6.45, 7) is 3.84. The minimum Gasteiger partial charge on any atom is -0.309 e. The van der Waals surface area contributed by atoms with Crippen LogP contribution in [-0.4, -0.2) is 34.3 Å². The van der Waals surface area contributed by atoms with Crippen molar-refractivity contribution in [1.82, 2.24) is 10.2 Å². The summed E-state index contributed by atoms with van der Waals surface area (Å²) < 4.78 is 0. The first-order valence-electron chi connectivity index (χ1n) is 4.32. The van der Waals surface area contributed by atoms with E-state index in [-0.39, 0.29) is 24.4 Å². The van der Waals surface area contributed by atoms with Crippen LogP contribution >= 0.6 is 23.2 Å². The van der Waals surface area contributed by atoms with Crippen molar-refractivity contribution in [3.8, 4) is 0 Å². The zero-order valence-corrected chi connectivity index (χ0v) is 9.47. The molecule has 0 aromatic carbocycles. The zero-order chi connectivity index (χ0) is 10.9. The highest BCUT2D eigenvalue weighted by Gasteiger charge is 2.37. The van der Waals surface area contributed by atoms with Gasteiger partial charge in [-0.2, -0.15) is 0 Å². The summed E-state index contributed by atoms with van der Waals surface area (Å²) in [5.74, 6) is -0.207. The van der Waals surface area contributed by atoms with Crippen LogP contribution in [0.4, 0.5) is 4.79 Å². The van der Waals surface area contributed by atoms with E-state index in [1.807, 2.05) is 13.8 Å². The largest absolute Gasteiger partial charge is 0.324 e. The average molecular weight is 239 g/mol. The molecule has 1 aliphatic heterocycles. The molecule has 3 amide bonds. The summed E-state index contributed by atoms with van der Waals surface area (Å²) in [7, 11) is 0. The van der Waals surface area contributed by atoms with Gasteiger partial charge in [0, 0.05) is 0 Å². The van der Waals surface area contributed by atoms with E-state index in [1.54, 1.807) is 0 Å². The first-order valence-corrected chi connectivity index (χ1v) is 5.19. The van der Waals surface area contributed by atoms with Crippen LogP contribution in [0, 0.1) is 5.92 Å². The van der Waals surface area contributed by atoms with E-state index in [9.17, 15) is 9.59 Å². The fourth-order valence-corrected chi connectivity index (χ4v) is 2.34. The summed E-state index contributed by atoms with van der Waals surface area (Å²) in [4.78, 5) is 22.9. The molecule has 1 unspecified atom stereocenters. The molecule has 1 atom stereocenters. The van der Waals surface area contributed by atoms with Gasteiger partial charge in [-0.15, -0.1) is 23.2 Å². The number of halogens is 2. The van der Waals surface area contributed by atoms with Crippen molar-refractivity contribution in [2.45, 2.75) is 24.7 Å². The summed E-state index contributed by atoms with van der Waals surface area (Å²) in [5.41, 5.74) is 0. The predicted molar refractivity (Wildman–Crippen MR) is 54.4 cm³/mol. The lowest BCUT2D eigenvalue weighted by atomic mass is 10.1. The molecule has 0 bridgehead atoms. The second kappa shape index (κ2) is 4.36. The highest BCUT2D eigenvalue weighted by molar-refractivity contribution is 6.44. The average Bonchev–Trinajstić information content (AvgIpc) is 2.29. The molecule has 0 radical (unpaired) electrons. The van der Waals surface area contributed by atoms with Crippen LogP contribution < -0.4 is 5.32 Å². The lowest BCUT2D eigenvalue weighted by Crippen LogP contribution is -2.45. The molecule has 0 aliphatic carbocycles. The quantitative estimate of drug-likeness (QED) is 0.597. The topological polar surface area (TPSA) is 49.4 Å². The molecular formula is C8H12Cl2N2O2. The highest BCUT2D eigenvalue weighted by Crippen LogP contribution is 2.23. The van der Waals surface area contributed by atoms with E-state index in [0.29, 0.717) is 0 Å². The molecule has 0 aromatic rings. The lowest BCUT2D eigenvalue weighted by molar-refractivity contribution is -0.118. The molecule has 4 nitrogen and oxygen atoms in total. The first kappa shape index (κ1) is 11.6. The van der Waals surface area contributed by atoms with Gasteiger partial charge in [0.25, 0.3) is 0 Å². The maximum atomic E-state index is 11.3. The van der Waals surface area contributed by atoms with Crippen LogP contribution in [-0.2, 0) is 4.79 Å². The van der Waals surface area contributed by atoms with Crippen LogP contribution in [0.3, 0.4) is 0 Å². The van der Waals surface area contributed by atoms with E-state index in [4.69, 9.17) is 23.2 Å². The molecule has 80 valence electrons. The van der Waals surface area contributed by atoms with Gasteiger partial charge in [-0.1, -0.05) is 13.8 Å². The van der Waals surface area contributed by atoms with E-state index in [2.05, 4.69) is 5.32 Å². The Morgan fingerprint density at radius 3 is 2.21 bits per heavy atom. The SMILES string of the molecule is CC(C)C(C(Cl)Cl)N1CC(=O)NC1=O. The number of carbonyl (C=O) groups excluding carboxylic acids is 2. The Balaban J connectivity index is 2.79. The third kappa shape index (κ3) is 2.30. The number of hydrogen-bond acceptors (Lipinski definition) is 2. The second-order valence-corrected chi connectivity index (χ2v) is 4.71. The molecule has 1 rings (SSSR count). The Hall–Kier alpha value is -0.480. The Morgan fingerprint density at radius 2 is 1.93 bits per heavy atom. The van der Waals surface area contributed by atoms with Crippen LogP contribution in [0.2, 0.25) is 0 Å². The van der Waals surface area contributed by atoms with E-state index in [0.717, 1.165) is 0 Å². The van der Waals surface area contributed by atoms with Gasteiger partial charge >= 0.3 is 6.03 Å². The number of nitrogens with zero attached hydrogens (tertiary/aromatic N) is 1. The molecule has 1 heterocycles. The van der Waals surface area contributed by atoms with E-state index < -0.39 is 10.9 Å². The Labute approximate surface area is 92.5 Å². The Bertz CT molecular complexity index is 248. The normalized spacial score (nSPS) is 19.4. The van der Waals surface area contributed by atoms with Gasteiger partial charge in [-0.25, -0.2) is 4.79 Å². The second-order valence-electron chi connectivity index (χ2n) is 3.55. The van der Waals surface area contributed by atoms with Crippen LogP contribution in [0.5, 0.6) is 0 Å². The summed E-state index contributed by atoms with van der Waals surface area (Å²) in [6, 6.07) is -0.746. The molecule has 1 aliphatic rings. The lowest BCUT2D eigenvalue weighted by Gasteiger charge is -2.30. The third-order valence-electron chi connectivity index (χ3n) is 2.12. The van der Waals surface area contributed by atoms with Crippen molar-refractivity contribution in [1.29, 1.82) is 0 Å². The van der Waals surface area contributed by atoms with Crippen molar-refractivity contribution in [3.63, 3.8) is 0 Å². The summed E-state index contributed by atoms with van der Waals surface area (Å²) in [6.07, 6.45) is 0. The van der Waals surface area contributed by atoms with Crippen LogP contribution in [0.1, 0.15) is 13.8 Å². The first-order chi connectivity index (χ1) is 6.43. The number of carbonyl (C=O) groups is 2. The van der Waals surface area contributed by atoms with Gasteiger partial charge in [-0.3, -0.25) is 10.1 Å². The number of imide groups is 1. The molecule has 0 spiro atoms. The molecule has 1 saturated heterocycles. The van der Waals surface area contributed by atoms with Gasteiger partial charge in [-0.05, 0) is 5.92 Å². The van der Waals surface area contributed by atoms with Crippen molar-refractivity contribution in [2.24, 2.45) is 5.92 Å². The number of urea groups is 1. The maximum Gasteiger partial charge on any atom is 0.324 e. The molecule has 6 heteroatoms. The van der Waals surface area contributed by atoms with Gasteiger partial charge in [0.2, 0.25) is 5.91 Å². The summed E-state index contributed by atoms with van der Waals surface area (Å²) >= 11 is 11.5. The monoisotopic (exact) mass is 238 g/mol. The molecular weight excluding hydrogens is 227 g/mol. The van der Waals surface area contributed by atoms with Crippen LogP contribution in [0.15, 0.2) is 0 Å². The van der Waals surface area contributed by atoms with Crippen molar-refractivity contribution in [3.05, 3.63) is 0 Å². The van der Waals surface area contributed by atoms with Gasteiger partial charge in [0.15, 0.2) is 0 Å². The number of hydrogen-bond donors (Lipinski definition) is 1. The number of alkyl halides is 2. The zero-order valence-electron chi connectivity index (χ0n) is 7.96. The minimum atomic E-state index is -0.688. The predicted octanol–water partition coefficient (Wildman–Crippen LogP) is 1.37. The Kier molecular flexibility index (Phi) is 3.61. The van der Waals surface area contributed by atoms with Crippen molar-refractivity contribution >= 4 is 35.1 Å². The smallest absolute Gasteiger partial charge is 0.309 e. The Morgan fingerprint density at radius 1 is 1.36 bits per heavy atom. The fourth-order valence-electron chi connectivity index (χ4n) is 1.48. The number of rotatable bonds is 3. The molecule has 1 fully saturated rings.